The Labute approximate surface area is 229 Å². The summed E-state index contributed by atoms with van der Waals surface area (Å²) in [6, 6.07) is -0.704. The molecule has 2 N–H and O–H groups in total. The van der Waals surface area contributed by atoms with Gasteiger partial charge in [-0.2, -0.15) is 0 Å². The zero-order chi connectivity index (χ0) is 26.9. The number of carbonyl (C=O) groups is 2. The lowest BCUT2D eigenvalue weighted by molar-refractivity contribution is -0.138. The lowest BCUT2D eigenvalue weighted by atomic mass is 9.95. The summed E-state index contributed by atoms with van der Waals surface area (Å²) in [6.45, 7) is 7.32. The Morgan fingerprint density at radius 1 is 1.43 bits per heavy atom. The van der Waals surface area contributed by atoms with Crippen LogP contribution >= 0.6 is 27.3 Å². The maximum absolute atomic E-state index is 13.7. The van der Waals surface area contributed by atoms with Gasteiger partial charge in [-0.1, -0.05) is 15.9 Å². The van der Waals surface area contributed by atoms with Gasteiger partial charge >= 0.3 is 5.97 Å². The van der Waals surface area contributed by atoms with E-state index in [1.165, 1.54) is 24.3 Å². The van der Waals surface area contributed by atoms with Gasteiger partial charge in [0.2, 0.25) is 5.91 Å². The van der Waals surface area contributed by atoms with Gasteiger partial charge in [-0.15, -0.1) is 11.3 Å². The van der Waals surface area contributed by atoms with Gasteiger partial charge in [0.25, 0.3) is 0 Å². The van der Waals surface area contributed by atoms with Crippen molar-refractivity contribution in [3.63, 3.8) is 0 Å². The molecule has 3 heterocycles. The number of morpholine rings is 1. The lowest BCUT2D eigenvalue weighted by Crippen LogP contribution is -2.47. The smallest absolute Gasteiger partial charge is 0.338 e. The fourth-order valence-electron chi connectivity index (χ4n) is 4.09. The van der Waals surface area contributed by atoms with Crippen LogP contribution in [0, 0.1) is 0 Å². The van der Waals surface area contributed by atoms with Crippen LogP contribution in [0.4, 0.5) is 4.39 Å². The van der Waals surface area contributed by atoms with Crippen molar-refractivity contribution in [2.75, 3.05) is 39.9 Å². The zero-order valence-electron chi connectivity index (χ0n) is 21.5. The number of esters is 1. The van der Waals surface area contributed by atoms with E-state index in [2.05, 4.69) is 36.4 Å². The van der Waals surface area contributed by atoms with Crippen molar-refractivity contribution in [3.05, 3.63) is 49.8 Å². The van der Waals surface area contributed by atoms with Crippen molar-refractivity contribution >= 4 is 45.0 Å². The van der Waals surface area contributed by atoms with Crippen LogP contribution in [0.2, 0.25) is 0 Å². The van der Waals surface area contributed by atoms with Crippen LogP contribution in [-0.2, 0) is 19.1 Å². The Hall–Kier alpha value is -2.41. The van der Waals surface area contributed by atoms with E-state index in [4.69, 9.17) is 14.5 Å². The normalized spacial score (nSPS) is 21.7. The number of allylic oxidation sites excluding steroid dienone is 3. The van der Waals surface area contributed by atoms with E-state index in [0.29, 0.717) is 71.3 Å². The summed E-state index contributed by atoms with van der Waals surface area (Å²) in [5.41, 5.74) is 1.68. The molecule has 0 bridgehead atoms. The number of aliphatic imine (C=N–C) groups is 1. The van der Waals surface area contributed by atoms with Crippen LogP contribution in [0.5, 0.6) is 0 Å². The van der Waals surface area contributed by atoms with Gasteiger partial charge in [0, 0.05) is 54.9 Å². The Bertz CT molecular complexity index is 1100. The molecule has 1 aromatic rings. The first-order chi connectivity index (χ1) is 17.7. The molecule has 1 saturated heterocycles. The van der Waals surface area contributed by atoms with Crippen molar-refractivity contribution in [1.29, 1.82) is 0 Å². The van der Waals surface area contributed by atoms with Crippen molar-refractivity contribution < 1.29 is 23.5 Å². The molecule has 9 nitrogen and oxygen atoms in total. The van der Waals surface area contributed by atoms with Gasteiger partial charge in [-0.3, -0.25) is 14.7 Å². The highest BCUT2D eigenvalue weighted by atomic mass is 79.9. The summed E-state index contributed by atoms with van der Waals surface area (Å²) < 4.78 is 25.5. The number of amidine groups is 1. The second-order valence-electron chi connectivity index (χ2n) is 8.66. The molecule has 0 radical (unpaired) electrons. The van der Waals surface area contributed by atoms with E-state index < -0.39 is 12.0 Å². The number of hydrogen-bond acceptors (Lipinski definition) is 9. The first kappa shape index (κ1) is 29.2. The molecule has 1 fully saturated rings. The predicted octanol–water partition coefficient (Wildman–Crippen LogP) is 3.45. The predicted molar refractivity (Wildman–Crippen MR) is 145 cm³/mol. The van der Waals surface area contributed by atoms with Gasteiger partial charge in [0.1, 0.15) is 6.04 Å². The summed E-state index contributed by atoms with van der Waals surface area (Å²) in [4.78, 5) is 36.4. The fourth-order valence-corrected chi connectivity index (χ4v) is 5.21. The van der Waals surface area contributed by atoms with Gasteiger partial charge in [-0.25, -0.2) is 14.2 Å². The van der Waals surface area contributed by atoms with Crippen LogP contribution in [-0.4, -0.2) is 79.6 Å². The molecule has 1 aromatic heterocycles. The maximum atomic E-state index is 13.7. The van der Waals surface area contributed by atoms with Crippen LogP contribution in [0.25, 0.3) is 0 Å². The number of hydrogen-bond donors (Lipinski definition) is 2. The number of nitrogens with zero attached hydrogens (tertiary/aromatic N) is 3. The third kappa shape index (κ3) is 8.03. The molecule has 2 aliphatic rings. The number of carbonyl (C=O) groups excluding carboxylic acids is 2. The minimum atomic E-state index is -0.704. The van der Waals surface area contributed by atoms with E-state index in [9.17, 15) is 14.0 Å². The average Bonchev–Trinajstić information content (AvgIpc) is 3.41. The molecule has 0 saturated carbocycles. The molecule has 0 aromatic carbocycles. The molecular formula is C25H33BrFN5O4S. The van der Waals surface area contributed by atoms with Gasteiger partial charge in [-0.05, 0) is 38.8 Å². The Morgan fingerprint density at radius 2 is 2.22 bits per heavy atom. The minimum Gasteiger partial charge on any atom is -0.463 e. The Balaban J connectivity index is 1.98. The average molecular weight is 599 g/mol. The monoisotopic (exact) mass is 597 g/mol. The van der Waals surface area contributed by atoms with Crippen molar-refractivity contribution in [2.24, 2.45) is 4.99 Å². The van der Waals surface area contributed by atoms with E-state index >= 15 is 0 Å². The molecule has 2 atom stereocenters. The number of halogens is 2. The SMILES string of the molecule is CCOC(=O)C1=C(CN2CCOC(CCC(=O)NC)C2)NC(c2nccs2)=NC1C(C)=C(Br)C=C(C)F. The number of amides is 1. The summed E-state index contributed by atoms with van der Waals surface area (Å²) in [6.07, 6.45) is 3.93. The number of thiazole rings is 1. The standard InChI is InChI=1S/C25H33BrFN5O4S/c1-5-35-25(34)21-19(14-32-9-10-36-17(13-32)6-7-20(33)28-4)30-23(24-29-8-11-37-24)31-22(21)16(3)18(26)12-15(2)27/h8,11-12,17,22H,5-7,9-10,13-14H2,1-4H3,(H,28,33)(H,30,31). The number of aromatic nitrogens is 1. The van der Waals surface area contributed by atoms with E-state index in [-0.39, 0.29) is 24.4 Å². The van der Waals surface area contributed by atoms with Crippen LogP contribution < -0.4 is 10.6 Å². The highest BCUT2D eigenvalue weighted by molar-refractivity contribution is 9.11. The molecular weight excluding hydrogens is 565 g/mol. The summed E-state index contributed by atoms with van der Waals surface area (Å²) in [5, 5.41) is 8.50. The quantitative estimate of drug-likeness (QED) is 0.314. The third-order valence-corrected chi connectivity index (χ3v) is 7.58. The molecule has 12 heteroatoms. The highest BCUT2D eigenvalue weighted by Gasteiger charge is 2.35. The van der Waals surface area contributed by atoms with Crippen molar-refractivity contribution in [1.82, 2.24) is 20.5 Å². The molecule has 0 spiro atoms. The molecule has 2 aliphatic heterocycles. The van der Waals surface area contributed by atoms with E-state index in [1.807, 2.05) is 12.3 Å². The number of ether oxygens (including phenoxy) is 2. The number of rotatable bonds is 10. The second-order valence-corrected chi connectivity index (χ2v) is 10.4. The molecule has 0 aliphatic carbocycles. The van der Waals surface area contributed by atoms with Crippen molar-refractivity contribution in [2.45, 2.75) is 45.8 Å². The second kappa shape index (κ2) is 13.9. The van der Waals surface area contributed by atoms with E-state index in [1.54, 1.807) is 20.2 Å². The zero-order valence-corrected chi connectivity index (χ0v) is 23.9. The summed E-state index contributed by atoms with van der Waals surface area (Å²) in [5.74, 6) is -0.350. The molecule has 37 heavy (non-hydrogen) atoms. The molecule has 1 amide bonds. The molecule has 202 valence electrons. The largest absolute Gasteiger partial charge is 0.463 e. The number of nitrogens with one attached hydrogen (secondary N) is 2. The fraction of sp³-hybridized carbons (Fsp3) is 0.520. The van der Waals surface area contributed by atoms with Crippen LogP contribution in [0.15, 0.2) is 49.8 Å². The first-order valence-electron chi connectivity index (χ1n) is 12.1. The van der Waals surface area contributed by atoms with E-state index in [0.717, 1.165) is 0 Å². The topological polar surface area (TPSA) is 105 Å². The minimum absolute atomic E-state index is 0.0282. The molecule has 2 unspecified atom stereocenters. The van der Waals surface area contributed by atoms with Crippen LogP contribution in [0.3, 0.4) is 0 Å². The molecule has 3 rings (SSSR count). The van der Waals surface area contributed by atoms with Crippen LogP contribution in [0.1, 0.15) is 38.6 Å². The summed E-state index contributed by atoms with van der Waals surface area (Å²) >= 11 is 4.88. The third-order valence-electron chi connectivity index (χ3n) is 5.95. The lowest BCUT2D eigenvalue weighted by Gasteiger charge is -2.35. The van der Waals surface area contributed by atoms with Gasteiger partial charge in [0.05, 0.1) is 30.7 Å². The van der Waals surface area contributed by atoms with Gasteiger partial charge < -0.3 is 20.1 Å². The Kier molecular flexibility index (Phi) is 11.0. The Morgan fingerprint density at radius 3 is 2.86 bits per heavy atom. The highest BCUT2D eigenvalue weighted by Crippen LogP contribution is 2.30. The maximum Gasteiger partial charge on any atom is 0.338 e. The van der Waals surface area contributed by atoms with Crippen molar-refractivity contribution in [3.8, 4) is 0 Å². The summed E-state index contributed by atoms with van der Waals surface area (Å²) in [7, 11) is 1.62. The van der Waals surface area contributed by atoms with Gasteiger partial charge in [0.15, 0.2) is 10.8 Å². The first-order valence-corrected chi connectivity index (χ1v) is 13.8.